The van der Waals surface area contributed by atoms with E-state index in [9.17, 15) is 13.2 Å². The lowest BCUT2D eigenvalue weighted by Crippen LogP contribution is -2.26. The van der Waals surface area contributed by atoms with Gasteiger partial charge in [-0.2, -0.15) is 18.4 Å². The molecule has 0 aliphatic carbocycles. The van der Waals surface area contributed by atoms with E-state index in [0.717, 1.165) is 6.20 Å². The molecule has 0 aliphatic rings. The van der Waals surface area contributed by atoms with Gasteiger partial charge >= 0.3 is 6.18 Å². The first kappa shape index (κ1) is 13.9. The maximum atomic E-state index is 13.1. The van der Waals surface area contributed by atoms with Crippen LogP contribution in [0.15, 0.2) is 48.8 Å². The molecule has 0 aliphatic heterocycles. The second-order valence-corrected chi connectivity index (χ2v) is 3.93. The molecule has 0 N–H and O–H groups in total. The molecule has 0 saturated heterocycles. The highest BCUT2D eigenvalue weighted by atomic mass is 19.4. The van der Waals surface area contributed by atoms with Crippen molar-refractivity contribution in [1.82, 2.24) is 4.98 Å². The number of aromatic nitrogens is 1. The zero-order valence-corrected chi connectivity index (χ0v) is 10.1. The van der Waals surface area contributed by atoms with Crippen LogP contribution in [-0.2, 0) is 0 Å². The molecule has 6 heteroatoms. The van der Waals surface area contributed by atoms with Crippen molar-refractivity contribution in [1.29, 1.82) is 5.26 Å². The summed E-state index contributed by atoms with van der Waals surface area (Å²) in [6, 6.07) is 10.3. The first-order valence-electron chi connectivity index (χ1n) is 5.65. The molecule has 1 aromatic heterocycles. The van der Waals surface area contributed by atoms with Gasteiger partial charge in [-0.25, -0.2) is 0 Å². The average molecular weight is 278 g/mol. The van der Waals surface area contributed by atoms with Gasteiger partial charge in [0.25, 0.3) is 0 Å². The summed E-state index contributed by atoms with van der Waals surface area (Å²) in [6.45, 7) is 0. The SMILES string of the molecule is N#Cc1ccccc1OC(c1cccnc1)C(F)(F)F. The molecule has 1 unspecified atom stereocenters. The Bertz CT molecular complexity index is 620. The monoisotopic (exact) mass is 278 g/mol. The number of para-hydroxylation sites is 1. The summed E-state index contributed by atoms with van der Waals surface area (Å²) in [4.78, 5) is 3.66. The van der Waals surface area contributed by atoms with E-state index in [0.29, 0.717) is 0 Å². The zero-order chi connectivity index (χ0) is 14.6. The summed E-state index contributed by atoms with van der Waals surface area (Å²) >= 11 is 0. The van der Waals surface area contributed by atoms with Crippen LogP contribution in [0.5, 0.6) is 5.75 Å². The fourth-order valence-electron chi connectivity index (χ4n) is 1.64. The first-order valence-corrected chi connectivity index (χ1v) is 5.65. The lowest BCUT2D eigenvalue weighted by atomic mass is 10.1. The lowest BCUT2D eigenvalue weighted by Gasteiger charge is -2.22. The third kappa shape index (κ3) is 3.06. The highest BCUT2D eigenvalue weighted by Crippen LogP contribution is 2.37. The molecule has 0 bridgehead atoms. The van der Waals surface area contributed by atoms with Gasteiger partial charge in [0, 0.05) is 18.0 Å². The molecule has 0 spiro atoms. The predicted octanol–water partition coefficient (Wildman–Crippen LogP) is 3.64. The van der Waals surface area contributed by atoms with E-state index in [1.807, 2.05) is 0 Å². The maximum Gasteiger partial charge on any atom is 0.429 e. The second-order valence-electron chi connectivity index (χ2n) is 3.93. The fourth-order valence-corrected chi connectivity index (χ4v) is 1.64. The number of rotatable bonds is 3. The first-order chi connectivity index (χ1) is 9.52. The Morgan fingerprint density at radius 2 is 1.90 bits per heavy atom. The van der Waals surface area contributed by atoms with Crippen molar-refractivity contribution in [2.75, 3.05) is 0 Å². The molecular weight excluding hydrogens is 269 g/mol. The second kappa shape index (κ2) is 5.61. The van der Waals surface area contributed by atoms with Gasteiger partial charge in [0.15, 0.2) is 0 Å². The summed E-state index contributed by atoms with van der Waals surface area (Å²) in [5, 5.41) is 8.88. The minimum atomic E-state index is -4.61. The van der Waals surface area contributed by atoms with Crippen LogP contribution in [0.3, 0.4) is 0 Å². The van der Waals surface area contributed by atoms with Crippen molar-refractivity contribution in [3.05, 3.63) is 59.9 Å². The minimum Gasteiger partial charge on any atom is -0.475 e. The molecule has 102 valence electrons. The Hall–Kier alpha value is -2.55. The van der Waals surface area contributed by atoms with Crippen molar-refractivity contribution in [3.63, 3.8) is 0 Å². The van der Waals surface area contributed by atoms with Crippen molar-refractivity contribution in [2.45, 2.75) is 12.3 Å². The summed E-state index contributed by atoms with van der Waals surface area (Å²) in [5.74, 6) is -0.110. The topological polar surface area (TPSA) is 45.9 Å². The number of hydrogen-bond acceptors (Lipinski definition) is 3. The van der Waals surface area contributed by atoms with E-state index in [-0.39, 0.29) is 16.9 Å². The molecule has 0 radical (unpaired) electrons. The largest absolute Gasteiger partial charge is 0.475 e. The molecule has 0 saturated carbocycles. The highest BCUT2D eigenvalue weighted by molar-refractivity contribution is 5.43. The number of alkyl halides is 3. The van der Waals surface area contributed by atoms with Gasteiger partial charge < -0.3 is 4.74 Å². The van der Waals surface area contributed by atoms with Crippen LogP contribution >= 0.6 is 0 Å². The number of nitrogens with zero attached hydrogens (tertiary/aromatic N) is 2. The predicted molar refractivity (Wildman–Crippen MR) is 64.8 cm³/mol. The molecule has 20 heavy (non-hydrogen) atoms. The third-order valence-electron chi connectivity index (χ3n) is 2.54. The lowest BCUT2D eigenvalue weighted by molar-refractivity contribution is -0.198. The molecule has 0 fully saturated rings. The van der Waals surface area contributed by atoms with Gasteiger partial charge in [0.2, 0.25) is 6.10 Å². The molecular formula is C14H9F3N2O. The molecule has 2 aromatic rings. The maximum absolute atomic E-state index is 13.1. The van der Waals surface area contributed by atoms with Crippen molar-refractivity contribution in [2.24, 2.45) is 0 Å². The van der Waals surface area contributed by atoms with Gasteiger partial charge in [0.05, 0.1) is 5.56 Å². The van der Waals surface area contributed by atoms with Crippen LogP contribution in [0.2, 0.25) is 0 Å². The highest BCUT2D eigenvalue weighted by Gasteiger charge is 2.43. The third-order valence-corrected chi connectivity index (χ3v) is 2.54. The quantitative estimate of drug-likeness (QED) is 0.861. The van der Waals surface area contributed by atoms with Gasteiger partial charge in [-0.15, -0.1) is 0 Å². The normalized spacial score (nSPS) is 12.5. The van der Waals surface area contributed by atoms with E-state index < -0.39 is 12.3 Å². The fraction of sp³-hybridized carbons (Fsp3) is 0.143. The standard InChI is InChI=1S/C14H9F3N2O/c15-14(16,17)13(11-5-3-7-19-9-11)20-12-6-2-1-4-10(12)8-18/h1-7,9,13H. The molecule has 3 nitrogen and oxygen atoms in total. The molecule has 0 amide bonds. The van der Waals surface area contributed by atoms with Crippen molar-refractivity contribution < 1.29 is 17.9 Å². The Morgan fingerprint density at radius 3 is 2.50 bits per heavy atom. The van der Waals surface area contributed by atoms with Crippen LogP contribution in [0.1, 0.15) is 17.2 Å². The van der Waals surface area contributed by atoms with Gasteiger partial charge in [-0.05, 0) is 18.2 Å². The van der Waals surface area contributed by atoms with Crippen LogP contribution in [0, 0.1) is 11.3 Å². The van der Waals surface area contributed by atoms with Crippen LogP contribution in [0.4, 0.5) is 13.2 Å². The minimum absolute atomic E-state index is 0.0469. The number of benzene rings is 1. The van der Waals surface area contributed by atoms with Crippen LogP contribution in [0.25, 0.3) is 0 Å². The molecule has 1 heterocycles. The number of hydrogen-bond donors (Lipinski definition) is 0. The van der Waals surface area contributed by atoms with Crippen LogP contribution in [-0.4, -0.2) is 11.2 Å². The van der Waals surface area contributed by atoms with Crippen LogP contribution < -0.4 is 4.74 Å². The Morgan fingerprint density at radius 1 is 1.15 bits per heavy atom. The van der Waals surface area contributed by atoms with Crippen molar-refractivity contribution in [3.8, 4) is 11.8 Å². The Kier molecular flexibility index (Phi) is 3.89. The Balaban J connectivity index is 2.38. The number of halogens is 3. The van der Waals surface area contributed by atoms with E-state index in [1.54, 1.807) is 12.1 Å². The smallest absolute Gasteiger partial charge is 0.429 e. The molecule has 1 aromatic carbocycles. The van der Waals surface area contributed by atoms with Gasteiger partial charge in [-0.1, -0.05) is 18.2 Å². The zero-order valence-electron chi connectivity index (χ0n) is 10.1. The number of pyridine rings is 1. The summed E-state index contributed by atoms with van der Waals surface area (Å²) in [7, 11) is 0. The van der Waals surface area contributed by atoms with E-state index in [1.165, 1.54) is 36.5 Å². The van der Waals surface area contributed by atoms with Gasteiger partial charge in [-0.3, -0.25) is 4.98 Å². The molecule has 2 rings (SSSR count). The number of nitriles is 1. The average Bonchev–Trinajstić information content (AvgIpc) is 2.45. The van der Waals surface area contributed by atoms with Gasteiger partial charge in [0.1, 0.15) is 11.8 Å². The van der Waals surface area contributed by atoms with Crippen molar-refractivity contribution >= 4 is 0 Å². The summed E-state index contributed by atoms with van der Waals surface area (Å²) in [6.07, 6.45) is -4.30. The summed E-state index contributed by atoms with van der Waals surface area (Å²) < 4.78 is 44.3. The summed E-state index contributed by atoms with van der Waals surface area (Å²) in [5.41, 5.74) is -0.0709. The van der Waals surface area contributed by atoms with E-state index >= 15 is 0 Å². The van der Waals surface area contributed by atoms with E-state index in [2.05, 4.69) is 4.98 Å². The molecule has 1 atom stereocenters. The van der Waals surface area contributed by atoms with E-state index in [4.69, 9.17) is 10.00 Å². The Labute approximate surface area is 113 Å². The number of ether oxygens (including phenoxy) is 1.